The van der Waals surface area contributed by atoms with Crippen LogP contribution < -0.4 is 15.4 Å². The van der Waals surface area contributed by atoms with Gasteiger partial charge in [-0.25, -0.2) is 0 Å². The zero-order chi connectivity index (χ0) is 23.3. The number of benzene rings is 2. The predicted molar refractivity (Wildman–Crippen MR) is 134 cm³/mol. The van der Waals surface area contributed by atoms with Crippen LogP contribution in [0.15, 0.2) is 48.5 Å². The molecule has 1 heterocycles. The van der Waals surface area contributed by atoms with Gasteiger partial charge in [0.25, 0.3) is 5.91 Å². The average molecular weight is 452 g/mol. The maximum absolute atomic E-state index is 12.7. The van der Waals surface area contributed by atoms with Crippen LogP contribution in [-0.4, -0.2) is 43.0 Å². The fourth-order valence-corrected chi connectivity index (χ4v) is 3.93. The van der Waals surface area contributed by atoms with E-state index in [9.17, 15) is 9.59 Å². The summed E-state index contributed by atoms with van der Waals surface area (Å²) >= 11 is 0. The van der Waals surface area contributed by atoms with E-state index in [1.807, 2.05) is 53.4 Å². The van der Waals surface area contributed by atoms with Gasteiger partial charge in [0.05, 0.1) is 13.2 Å². The van der Waals surface area contributed by atoms with Gasteiger partial charge < -0.3 is 20.3 Å². The van der Waals surface area contributed by atoms with E-state index in [0.717, 1.165) is 56.1 Å². The van der Waals surface area contributed by atoms with Crippen LogP contribution in [0.1, 0.15) is 68.6 Å². The number of hydrogen-bond acceptors (Lipinski definition) is 4. The lowest BCUT2D eigenvalue weighted by Gasteiger charge is -2.20. The standard InChI is InChI=1S/C27H37N3O3/c1-2-3-4-9-20-33-25-16-14-24(15-17-25)29-26(31)21-28-23-12-10-22(11-13-23)27(32)30-18-7-5-6-8-19-30/h10-17,28H,2-9,18-21H2,1H3,(H,29,31). The van der Waals surface area contributed by atoms with E-state index in [2.05, 4.69) is 17.6 Å². The number of amides is 2. The number of carbonyl (C=O) groups excluding carboxylic acids is 2. The van der Waals surface area contributed by atoms with Crippen LogP contribution in [0.3, 0.4) is 0 Å². The van der Waals surface area contributed by atoms with Gasteiger partial charge in [0.2, 0.25) is 5.91 Å². The monoisotopic (exact) mass is 451 g/mol. The summed E-state index contributed by atoms with van der Waals surface area (Å²) in [6.07, 6.45) is 9.26. The molecule has 0 aromatic heterocycles. The summed E-state index contributed by atoms with van der Waals surface area (Å²) in [5, 5.41) is 6.00. The summed E-state index contributed by atoms with van der Waals surface area (Å²) < 4.78 is 5.74. The van der Waals surface area contributed by atoms with E-state index in [0.29, 0.717) is 5.56 Å². The largest absolute Gasteiger partial charge is 0.494 e. The second kappa shape index (κ2) is 13.5. The van der Waals surface area contributed by atoms with Crippen LogP contribution in [-0.2, 0) is 4.79 Å². The Morgan fingerprint density at radius 3 is 2.18 bits per heavy atom. The Hall–Kier alpha value is -3.02. The molecule has 3 rings (SSSR count). The first kappa shape index (κ1) is 24.6. The molecule has 0 unspecified atom stereocenters. The molecule has 0 spiro atoms. The van der Waals surface area contributed by atoms with Crippen molar-refractivity contribution in [1.29, 1.82) is 0 Å². The number of anilines is 2. The highest BCUT2D eigenvalue weighted by molar-refractivity contribution is 5.95. The molecule has 6 heteroatoms. The van der Waals surface area contributed by atoms with Crippen LogP contribution in [0.4, 0.5) is 11.4 Å². The lowest BCUT2D eigenvalue weighted by atomic mass is 10.1. The Labute approximate surface area is 197 Å². The first-order valence-corrected chi connectivity index (χ1v) is 12.3. The molecular formula is C27H37N3O3. The summed E-state index contributed by atoms with van der Waals surface area (Å²) in [6.45, 7) is 4.74. The molecule has 1 aliphatic heterocycles. The minimum atomic E-state index is -0.132. The number of ether oxygens (including phenoxy) is 1. The van der Waals surface area contributed by atoms with E-state index in [-0.39, 0.29) is 18.4 Å². The summed E-state index contributed by atoms with van der Waals surface area (Å²) in [7, 11) is 0. The van der Waals surface area contributed by atoms with Crippen LogP contribution in [0.25, 0.3) is 0 Å². The number of nitrogens with one attached hydrogen (secondary N) is 2. The molecule has 178 valence electrons. The summed E-state index contributed by atoms with van der Waals surface area (Å²) in [4.78, 5) is 26.9. The van der Waals surface area contributed by atoms with Crippen molar-refractivity contribution in [3.05, 3.63) is 54.1 Å². The maximum atomic E-state index is 12.7. The highest BCUT2D eigenvalue weighted by atomic mass is 16.5. The van der Waals surface area contributed by atoms with Gasteiger partial charge in [0.15, 0.2) is 0 Å². The molecule has 0 radical (unpaired) electrons. The zero-order valence-corrected chi connectivity index (χ0v) is 19.8. The van der Waals surface area contributed by atoms with Gasteiger partial charge >= 0.3 is 0 Å². The SMILES string of the molecule is CCCCCCOc1ccc(NC(=O)CNc2ccc(C(=O)N3CCCCCC3)cc2)cc1. The van der Waals surface area contributed by atoms with Crippen molar-refractivity contribution >= 4 is 23.2 Å². The summed E-state index contributed by atoms with van der Waals surface area (Å²) in [5.74, 6) is 0.778. The number of carbonyl (C=O) groups is 2. The fourth-order valence-electron chi connectivity index (χ4n) is 3.93. The molecule has 2 aromatic rings. The molecule has 0 aliphatic carbocycles. The van der Waals surface area contributed by atoms with Gasteiger partial charge in [-0.1, -0.05) is 39.0 Å². The lowest BCUT2D eigenvalue weighted by molar-refractivity contribution is -0.114. The summed E-state index contributed by atoms with van der Waals surface area (Å²) in [5.41, 5.74) is 2.24. The molecule has 2 amide bonds. The fraction of sp³-hybridized carbons (Fsp3) is 0.481. The van der Waals surface area contributed by atoms with Gasteiger partial charge in [-0.05, 0) is 67.8 Å². The smallest absolute Gasteiger partial charge is 0.253 e. The molecule has 0 bridgehead atoms. The van der Waals surface area contributed by atoms with Gasteiger partial charge in [0, 0.05) is 30.0 Å². The number of unbranched alkanes of at least 4 members (excludes halogenated alkanes) is 3. The third-order valence-corrected chi connectivity index (χ3v) is 5.88. The van der Waals surface area contributed by atoms with Gasteiger partial charge in [-0.15, -0.1) is 0 Å². The van der Waals surface area contributed by atoms with Crippen molar-refractivity contribution in [3.63, 3.8) is 0 Å². The van der Waals surface area contributed by atoms with Crippen LogP contribution >= 0.6 is 0 Å². The van der Waals surface area contributed by atoms with Gasteiger partial charge in [0.1, 0.15) is 5.75 Å². The van der Waals surface area contributed by atoms with E-state index in [1.54, 1.807) is 0 Å². The molecule has 2 N–H and O–H groups in total. The molecule has 33 heavy (non-hydrogen) atoms. The number of hydrogen-bond donors (Lipinski definition) is 2. The molecule has 0 atom stereocenters. The Morgan fingerprint density at radius 1 is 0.848 bits per heavy atom. The number of nitrogens with zero attached hydrogens (tertiary/aromatic N) is 1. The summed E-state index contributed by atoms with van der Waals surface area (Å²) in [6, 6.07) is 14.8. The Balaban J connectivity index is 1.40. The van der Waals surface area contributed by atoms with E-state index in [4.69, 9.17) is 4.74 Å². The Kier molecular flexibility index (Phi) is 10.1. The zero-order valence-electron chi connectivity index (χ0n) is 19.8. The lowest BCUT2D eigenvalue weighted by Crippen LogP contribution is -2.31. The number of rotatable bonds is 11. The van der Waals surface area contributed by atoms with Gasteiger partial charge in [-0.2, -0.15) is 0 Å². The van der Waals surface area contributed by atoms with Crippen molar-refractivity contribution in [1.82, 2.24) is 4.90 Å². The molecule has 1 saturated heterocycles. The van der Waals surface area contributed by atoms with E-state index < -0.39 is 0 Å². The Morgan fingerprint density at radius 2 is 1.52 bits per heavy atom. The van der Waals surface area contributed by atoms with Crippen molar-refractivity contribution in [3.8, 4) is 5.75 Å². The second-order valence-corrected chi connectivity index (χ2v) is 8.62. The normalized spacial score (nSPS) is 13.8. The molecule has 0 saturated carbocycles. The minimum Gasteiger partial charge on any atom is -0.494 e. The van der Waals surface area contributed by atoms with E-state index >= 15 is 0 Å². The highest BCUT2D eigenvalue weighted by Gasteiger charge is 2.17. The van der Waals surface area contributed by atoms with Crippen LogP contribution in [0.2, 0.25) is 0 Å². The molecule has 1 aliphatic rings. The minimum absolute atomic E-state index is 0.0922. The van der Waals surface area contributed by atoms with Crippen LogP contribution in [0, 0.1) is 0 Å². The van der Waals surface area contributed by atoms with Crippen LogP contribution in [0.5, 0.6) is 5.75 Å². The molecule has 6 nitrogen and oxygen atoms in total. The highest BCUT2D eigenvalue weighted by Crippen LogP contribution is 2.17. The third kappa shape index (κ3) is 8.44. The molecule has 1 fully saturated rings. The molecular weight excluding hydrogens is 414 g/mol. The quantitative estimate of drug-likeness (QED) is 0.429. The first-order chi connectivity index (χ1) is 16.2. The van der Waals surface area contributed by atoms with E-state index in [1.165, 1.54) is 32.1 Å². The van der Waals surface area contributed by atoms with Crippen molar-refractivity contribution < 1.29 is 14.3 Å². The molecule has 2 aromatic carbocycles. The topological polar surface area (TPSA) is 70.7 Å². The maximum Gasteiger partial charge on any atom is 0.253 e. The van der Waals surface area contributed by atoms with Crippen molar-refractivity contribution in [2.75, 3.05) is 36.9 Å². The Bertz CT molecular complexity index is 857. The average Bonchev–Trinajstić information content (AvgIpc) is 3.13. The predicted octanol–water partition coefficient (Wildman–Crippen LogP) is 5.71. The number of likely N-dealkylation sites (tertiary alicyclic amines) is 1. The van der Waals surface area contributed by atoms with Crippen molar-refractivity contribution in [2.24, 2.45) is 0 Å². The second-order valence-electron chi connectivity index (χ2n) is 8.62. The first-order valence-electron chi connectivity index (χ1n) is 12.3. The van der Waals surface area contributed by atoms with Crippen molar-refractivity contribution in [2.45, 2.75) is 58.3 Å². The third-order valence-electron chi connectivity index (χ3n) is 5.88. The van der Waals surface area contributed by atoms with Gasteiger partial charge in [-0.3, -0.25) is 9.59 Å².